The number of aromatic nitrogens is 2. The van der Waals surface area contributed by atoms with Gasteiger partial charge in [-0.25, -0.2) is 9.97 Å². The van der Waals surface area contributed by atoms with Crippen LogP contribution in [0.2, 0.25) is 5.15 Å². The number of carbonyl (C=O) groups excluding carboxylic acids is 1. The molecule has 0 aliphatic carbocycles. The molecule has 0 fully saturated rings. The van der Waals surface area contributed by atoms with E-state index in [4.69, 9.17) is 22.1 Å². The molecule has 2 aromatic rings. The number of rotatable bonds is 4. The highest BCUT2D eigenvalue weighted by atomic mass is 35.5. The van der Waals surface area contributed by atoms with Crippen molar-refractivity contribution in [1.82, 2.24) is 9.97 Å². The quantitative estimate of drug-likeness (QED) is 0.878. The van der Waals surface area contributed by atoms with Crippen LogP contribution in [-0.4, -0.2) is 35.6 Å². The van der Waals surface area contributed by atoms with Crippen molar-refractivity contribution in [2.45, 2.75) is 6.10 Å². The van der Waals surface area contributed by atoms with Crippen molar-refractivity contribution in [2.24, 2.45) is 5.73 Å². The molecule has 1 aromatic heterocycles. The Morgan fingerprint density at radius 3 is 2.63 bits per heavy atom. The van der Waals surface area contributed by atoms with Gasteiger partial charge in [-0.1, -0.05) is 23.7 Å². The number of hydrogen-bond acceptors (Lipinski definition) is 5. The molecule has 100 valence electrons. The zero-order valence-corrected chi connectivity index (χ0v) is 11.0. The minimum Gasteiger partial charge on any atom is -0.370 e. The Bertz CT molecular complexity index is 601. The number of anilines is 1. The minimum absolute atomic E-state index is 0.0704. The fraction of sp³-hybridized carbons (Fsp3) is 0.250. The number of benzene rings is 1. The number of carbonyl (C=O) groups is 1. The molecule has 0 aliphatic rings. The average molecular weight is 281 g/mol. The summed E-state index contributed by atoms with van der Waals surface area (Å²) < 4.78 is 4.93. The topological polar surface area (TPSA) is 90.1 Å². The summed E-state index contributed by atoms with van der Waals surface area (Å²) in [5.74, 6) is -0.211. The van der Waals surface area contributed by atoms with Gasteiger partial charge in [0.1, 0.15) is 6.10 Å². The maximum absolute atomic E-state index is 11.8. The van der Waals surface area contributed by atoms with Gasteiger partial charge in [-0.3, -0.25) is 4.79 Å². The molecular formula is C12H13ClN4O2. The number of para-hydroxylation sites is 2. The molecule has 0 saturated carbocycles. The van der Waals surface area contributed by atoms with E-state index in [0.29, 0.717) is 11.0 Å². The van der Waals surface area contributed by atoms with Crippen molar-refractivity contribution in [3.63, 3.8) is 0 Å². The number of nitrogens with two attached hydrogens (primary N) is 1. The summed E-state index contributed by atoms with van der Waals surface area (Å²) in [7, 11) is 1.41. The number of methoxy groups -OCH3 is 1. The molecule has 2 rings (SSSR count). The van der Waals surface area contributed by atoms with E-state index in [1.807, 2.05) is 12.1 Å². The zero-order valence-electron chi connectivity index (χ0n) is 10.3. The SMILES string of the molecule is COC(CN)C(=O)Nc1nc2ccccc2nc1Cl. The Balaban J connectivity index is 2.30. The smallest absolute Gasteiger partial charge is 0.256 e. The predicted octanol–water partition coefficient (Wildman–Crippen LogP) is 1.20. The van der Waals surface area contributed by atoms with E-state index < -0.39 is 12.0 Å². The normalized spacial score (nSPS) is 12.4. The second kappa shape index (κ2) is 5.92. The molecule has 0 radical (unpaired) electrons. The molecular weight excluding hydrogens is 268 g/mol. The first-order valence-corrected chi connectivity index (χ1v) is 5.99. The van der Waals surface area contributed by atoms with Gasteiger partial charge in [0.25, 0.3) is 5.91 Å². The largest absolute Gasteiger partial charge is 0.370 e. The van der Waals surface area contributed by atoms with E-state index >= 15 is 0 Å². The van der Waals surface area contributed by atoms with E-state index in [2.05, 4.69) is 15.3 Å². The van der Waals surface area contributed by atoms with Gasteiger partial charge in [0.2, 0.25) is 0 Å². The molecule has 0 spiro atoms. The zero-order chi connectivity index (χ0) is 13.8. The summed E-state index contributed by atoms with van der Waals surface area (Å²) >= 11 is 5.98. The molecule has 1 atom stereocenters. The second-order valence-corrected chi connectivity index (χ2v) is 4.16. The highest BCUT2D eigenvalue weighted by molar-refractivity contribution is 6.32. The van der Waals surface area contributed by atoms with Crippen LogP contribution in [0.25, 0.3) is 11.0 Å². The summed E-state index contributed by atoms with van der Waals surface area (Å²) in [6.07, 6.45) is -0.746. The first-order valence-electron chi connectivity index (χ1n) is 5.61. The maximum Gasteiger partial charge on any atom is 0.256 e. The van der Waals surface area contributed by atoms with E-state index in [0.717, 1.165) is 0 Å². The highest BCUT2D eigenvalue weighted by Crippen LogP contribution is 2.21. The van der Waals surface area contributed by atoms with E-state index in [-0.39, 0.29) is 17.5 Å². The lowest BCUT2D eigenvalue weighted by atomic mass is 10.3. The van der Waals surface area contributed by atoms with Crippen LogP contribution in [0.5, 0.6) is 0 Å². The van der Waals surface area contributed by atoms with Crippen LogP contribution in [0, 0.1) is 0 Å². The van der Waals surface area contributed by atoms with Crippen LogP contribution >= 0.6 is 11.6 Å². The van der Waals surface area contributed by atoms with Crippen LogP contribution in [-0.2, 0) is 9.53 Å². The van der Waals surface area contributed by atoms with E-state index in [9.17, 15) is 4.79 Å². The number of nitrogens with one attached hydrogen (secondary N) is 1. The monoisotopic (exact) mass is 280 g/mol. The number of nitrogens with zero attached hydrogens (tertiary/aromatic N) is 2. The fourth-order valence-corrected chi connectivity index (χ4v) is 1.75. The third kappa shape index (κ3) is 2.98. The summed E-state index contributed by atoms with van der Waals surface area (Å²) in [6, 6.07) is 7.23. The average Bonchev–Trinajstić information content (AvgIpc) is 2.41. The number of fused-ring (bicyclic) bond motifs is 1. The molecule has 19 heavy (non-hydrogen) atoms. The minimum atomic E-state index is -0.746. The standard InChI is InChI=1S/C12H13ClN4O2/c1-19-9(6-14)12(18)17-11-10(13)15-7-4-2-3-5-8(7)16-11/h2-5,9H,6,14H2,1H3,(H,16,17,18). The maximum atomic E-state index is 11.8. The van der Waals surface area contributed by atoms with Gasteiger partial charge in [0.05, 0.1) is 11.0 Å². The first kappa shape index (κ1) is 13.7. The molecule has 3 N–H and O–H groups in total. The third-order valence-corrected chi connectivity index (χ3v) is 2.82. The van der Waals surface area contributed by atoms with Crippen molar-refractivity contribution in [3.05, 3.63) is 29.4 Å². The summed E-state index contributed by atoms with van der Waals surface area (Å²) in [5.41, 5.74) is 6.71. The molecule has 1 aromatic carbocycles. The van der Waals surface area contributed by atoms with Crippen LogP contribution in [0.15, 0.2) is 24.3 Å². The van der Waals surface area contributed by atoms with Crippen molar-refractivity contribution in [1.29, 1.82) is 0 Å². The molecule has 1 heterocycles. The molecule has 0 saturated heterocycles. The Labute approximate surface area is 114 Å². The van der Waals surface area contributed by atoms with E-state index in [1.54, 1.807) is 12.1 Å². The van der Waals surface area contributed by atoms with Gasteiger partial charge >= 0.3 is 0 Å². The third-order valence-electron chi connectivity index (χ3n) is 2.56. The lowest BCUT2D eigenvalue weighted by Crippen LogP contribution is -2.36. The number of ether oxygens (including phenoxy) is 1. The van der Waals surface area contributed by atoms with Crippen LogP contribution in [0.3, 0.4) is 0 Å². The Kier molecular flexibility index (Phi) is 4.26. The Morgan fingerprint density at radius 2 is 2.05 bits per heavy atom. The molecule has 0 aliphatic heterocycles. The number of hydrogen-bond donors (Lipinski definition) is 2. The lowest BCUT2D eigenvalue weighted by Gasteiger charge is -2.13. The Hall–Kier alpha value is -1.76. The van der Waals surface area contributed by atoms with Gasteiger partial charge in [0.15, 0.2) is 11.0 Å². The summed E-state index contributed by atoms with van der Waals surface area (Å²) in [4.78, 5) is 20.2. The molecule has 0 bridgehead atoms. The summed E-state index contributed by atoms with van der Waals surface area (Å²) in [5, 5.41) is 2.68. The van der Waals surface area contributed by atoms with Crippen molar-refractivity contribution in [2.75, 3.05) is 19.0 Å². The Morgan fingerprint density at radius 1 is 1.42 bits per heavy atom. The van der Waals surface area contributed by atoms with Gasteiger partial charge in [-0.05, 0) is 12.1 Å². The van der Waals surface area contributed by atoms with Crippen LogP contribution in [0.1, 0.15) is 0 Å². The second-order valence-electron chi connectivity index (χ2n) is 3.80. The van der Waals surface area contributed by atoms with Crippen molar-refractivity contribution in [3.8, 4) is 0 Å². The van der Waals surface area contributed by atoms with Gasteiger partial charge in [-0.2, -0.15) is 0 Å². The molecule has 1 unspecified atom stereocenters. The van der Waals surface area contributed by atoms with E-state index in [1.165, 1.54) is 7.11 Å². The lowest BCUT2D eigenvalue weighted by molar-refractivity contribution is -0.125. The van der Waals surface area contributed by atoms with Crippen LogP contribution < -0.4 is 11.1 Å². The first-order chi connectivity index (χ1) is 9.15. The highest BCUT2D eigenvalue weighted by Gasteiger charge is 2.18. The number of amides is 1. The molecule has 6 nitrogen and oxygen atoms in total. The number of halogens is 1. The fourth-order valence-electron chi connectivity index (χ4n) is 1.57. The van der Waals surface area contributed by atoms with Gasteiger partial charge < -0.3 is 15.8 Å². The molecule has 7 heteroatoms. The predicted molar refractivity (Wildman–Crippen MR) is 73.0 cm³/mol. The molecule has 1 amide bonds. The van der Waals surface area contributed by atoms with Gasteiger partial charge in [0, 0.05) is 13.7 Å². The van der Waals surface area contributed by atoms with Gasteiger partial charge in [-0.15, -0.1) is 0 Å². The van der Waals surface area contributed by atoms with Crippen molar-refractivity contribution < 1.29 is 9.53 Å². The van der Waals surface area contributed by atoms with Crippen LogP contribution in [0.4, 0.5) is 5.82 Å². The summed E-state index contributed by atoms with van der Waals surface area (Å²) in [6.45, 7) is 0.0704. The van der Waals surface area contributed by atoms with Crippen molar-refractivity contribution >= 4 is 34.4 Å².